The van der Waals surface area contributed by atoms with Crippen LogP contribution in [0.15, 0.2) is 64.2 Å². The van der Waals surface area contributed by atoms with E-state index in [-0.39, 0.29) is 22.3 Å². The Labute approximate surface area is 162 Å². The van der Waals surface area contributed by atoms with E-state index in [1.807, 2.05) is 67.9 Å². The molecule has 2 aromatic heterocycles. The standard InChI is InChI=1S/C23H22N2O3/c1-14(2)17-13-18-20(23(27)25(17)15-9-6-5-7-10-15)22(26)16-11-8-12-19(28-4)21(16)24(18)3/h5-14H,1-4H3. The number of ether oxygens (including phenoxy) is 1. The van der Waals surface area contributed by atoms with Crippen LogP contribution in [0.4, 0.5) is 0 Å². The van der Waals surface area contributed by atoms with Crippen LogP contribution in [0.1, 0.15) is 25.5 Å². The van der Waals surface area contributed by atoms with E-state index >= 15 is 0 Å². The first-order valence-electron chi connectivity index (χ1n) is 9.26. The molecule has 5 heteroatoms. The highest BCUT2D eigenvalue weighted by Gasteiger charge is 2.20. The van der Waals surface area contributed by atoms with Crippen LogP contribution in [0.2, 0.25) is 0 Å². The number of fused-ring (bicyclic) bond motifs is 2. The number of methoxy groups -OCH3 is 1. The summed E-state index contributed by atoms with van der Waals surface area (Å²) in [5.74, 6) is 0.707. The molecule has 0 spiro atoms. The van der Waals surface area contributed by atoms with Crippen LogP contribution in [0.5, 0.6) is 5.75 Å². The van der Waals surface area contributed by atoms with Gasteiger partial charge in [0.1, 0.15) is 11.1 Å². The Morgan fingerprint density at radius 2 is 1.68 bits per heavy atom. The molecule has 142 valence electrons. The van der Waals surface area contributed by atoms with Crippen molar-refractivity contribution in [3.8, 4) is 11.4 Å². The first-order chi connectivity index (χ1) is 13.5. The topological polar surface area (TPSA) is 53.2 Å². The molecule has 2 aromatic carbocycles. The molecular formula is C23H22N2O3. The Kier molecular flexibility index (Phi) is 4.30. The van der Waals surface area contributed by atoms with Crippen LogP contribution < -0.4 is 15.7 Å². The molecule has 4 rings (SSSR count). The lowest BCUT2D eigenvalue weighted by Gasteiger charge is -2.19. The van der Waals surface area contributed by atoms with E-state index in [4.69, 9.17) is 4.74 Å². The van der Waals surface area contributed by atoms with Crippen molar-refractivity contribution >= 4 is 21.8 Å². The second-order valence-corrected chi connectivity index (χ2v) is 7.20. The lowest BCUT2D eigenvalue weighted by molar-refractivity contribution is 0.418. The molecule has 28 heavy (non-hydrogen) atoms. The van der Waals surface area contributed by atoms with Gasteiger partial charge in [-0.25, -0.2) is 0 Å². The van der Waals surface area contributed by atoms with Crippen molar-refractivity contribution in [3.05, 3.63) is 80.9 Å². The van der Waals surface area contributed by atoms with Crippen molar-refractivity contribution in [2.75, 3.05) is 7.11 Å². The Morgan fingerprint density at radius 1 is 0.964 bits per heavy atom. The molecule has 5 nitrogen and oxygen atoms in total. The smallest absolute Gasteiger partial charge is 0.268 e. The maximum Gasteiger partial charge on any atom is 0.268 e. The van der Waals surface area contributed by atoms with Crippen molar-refractivity contribution in [2.24, 2.45) is 7.05 Å². The molecule has 0 aliphatic carbocycles. The number of nitrogens with zero attached hydrogens (tertiary/aromatic N) is 2. The van der Waals surface area contributed by atoms with Gasteiger partial charge in [0.25, 0.3) is 5.56 Å². The monoisotopic (exact) mass is 374 g/mol. The molecule has 0 fully saturated rings. The van der Waals surface area contributed by atoms with E-state index in [1.54, 1.807) is 23.8 Å². The number of para-hydroxylation sites is 2. The molecule has 0 amide bonds. The minimum atomic E-state index is -0.294. The number of aryl methyl sites for hydroxylation is 1. The predicted molar refractivity (Wildman–Crippen MR) is 113 cm³/mol. The minimum absolute atomic E-state index is 0.0979. The van der Waals surface area contributed by atoms with Crippen molar-refractivity contribution in [1.82, 2.24) is 9.13 Å². The number of aromatic nitrogens is 2. The highest BCUT2D eigenvalue weighted by molar-refractivity contribution is 5.96. The lowest BCUT2D eigenvalue weighted by Crippen LogP contribution is -2.28. The van der Waals surface area contributed by atoms with Gasteiger partial charge in [-0.3, -0.25) is 14.2 Å². The van der Waals surface area contributed by atoms with Crippen LogP contribution in [0.25, 0.3) is 27.5 Å². The van der Waals surface area contributed by atoms with Gasteiger partial charge >= 0.3 is 0 Å². The molecule has 0 N–H and O–H groups in total. The van der Waals surface area contributed by atoms with E-state index in [0.29, 0.717) is 22.2 Å². The summed E-state index contributed by atoms with van der Waals surface area (Å²) in [5, 5.41) is 0.667. The molecule has 0 atom stereocenters. The first-order valence-corrected chi connectivity index (χ1v) is 9.26. The fourth-order valence-electron chi connectivity index (χ4n) is 3.83. The molecule has 4 aromatic rings. The van der Waals surface area contributed by atoms with Crippen LogP contribution in [-0.2, 0) is 7.05 Å². The van der Waals surface area contributed by atoms with E-state index in [1.165, 1.54) is 0 Å². The van der Waals surface area contributed by atoms with Gasteiger partial charge in [0.15, 0.2) is 0 Å². The van der Waals surface area contributed by atoms with Gasteiger partial charge < -0.3 is 9.30 Å². The summed E-state index contributed by atoms with van der Waals surface area (Å²) < 4.78 is 9.01. The molecule has 0 radical (unpaired) electrons. The highest BCUT2D eigenvalue weighted by Crippen LogP contribution is 2.27. The third-order valence-corrected chi connectivity index (χ3v) is 5.21. The van der Waals surface area contributed by atoms with Crippen LogP contribution in [0.3, 0.4) is 0 Å². The Morgan fingerprint density at radius 3 is 2.32 bits per heavy atom. The number of pyridine rings is 2. The summed E-state index contributed by atoms with van der Waals surface area (Å²) >= 11 is 0. The summed E-state index contributed by atoms with van der Waals surface area (Å²) in [6, 6.07) is 16.7. The van der Waals surface area contributed by atoms with Crippen LogP contribution >= 0.6 is 0 Å². The van der Waals surface area contributed by atoms with Crippen LogP contribution in [-0.4, -0.2) is 16.2 Å². The molecule has 0 saturated carbocycles. The molecular weight excluding hydrogens is 352 g/mol. The van der Waals surface area contributed by atoms with Crippen molar-refractivity contribution < 1.29 is 4.74 Å². The quantitative estimate of drug-likeness (QED) is 0.510. The zero-order chi connectivity index (χ0) is 20.0. The van der Waals surface area contributed by atoms with E-state index in [2.05, 4.69) is 0 Å². The van der Waals surface area contributed by atoms with Gasteiger partial charge in [-0.05, 0) is 36.2 Å². The van der Waals surface area contributed by atoms with E-state index in [9.17, 15) is 9.59 Å². The van der Waals surface area contributed by atoms with Crippen molar-refractivity contribution in [3.63, 3.8) is 0 Å². The lowest BCUT2D eigenvalue weighted by atomic mass is 10.0. The van der Waals surface area contributed by atoms with Gasteiger partial charge in [0, 0.05) is 18.4 Å². The number of benzene rings is 2. The third kappa shape index (κ3) is 2.54. The molecule has 0 bridgehead atoms. The Bertz CT molecular complexity index is 1320. The van der Waals surface area contributed by atoms with Gasteiger partial charge in [-0.1, -0.05) is 38.1 Å². The summed E-state index contributed by atoms with van der Waals surface area (Å²) in [5.41, 5.74) is 2.35. The summed E-state index contributed by atoms with van der Waals surface area (Å²) in [6.07, 6.45) is 0. The Balaban J connectivity index is 2.27. The maximum absolute atomic E-state index is 13.5. The maximum atomic E-state index is 13.5. The number of hydrogen-bond acceptors (Lipinski definition) is 3. The second-order valence-electron chi connectivity index (χ2n) is 7.20. The van der Waals surface area contributed by atoms with Crippen molar-refractivity contribution in [2.45, 2.75) is 19.8 Å². The fourth-order valence-corrected chi connectivity index (χ4v) is 3.83. The number of rotatable bonds is 3. The minimum Gasteiger partial charge on any atom is -0.495 e. The third-order valence-electron chi connectivity index (χ3n) is 5.21. The van der Waals surface area contributed by atoms with Gasteiger partial charge in [0.05, 0.1) is 23.5 Å². The molecule has 0 saturated heterocycles. The number of hydrogen-bond donors (Lipinski definition) is 0. The average Bonchev–Trinajstić information content (AvgIpc) is 2.71. The van der Waals surface area contributed by atoms with Crippen LogP contribution in [0, 0.1) is 0 Å². The second kappa shape index (κ2) is 6.68. The fraction of sp³-hybridized carbons (Fsp3) is 0.217. The zero-order valence-electron chi connectivity index (χ0n) is 16.4. The van der Waals surface area contributed by atoms with E-state index in [0.717, 1.165) is 11.4 Å². The van der Waals surface area contributed by atoms with Gasteiger partial charge in [-0.15, -0.1) is 0 Å². The first kappa shape index (κ1) is 18.0. The summed E-state index contributed by atoms with van der Waals surface area (Å²) in [6.45, 7) is 4.08. The summed E-state index contributed by atoms with van der Waals surface area (Å²) in [7, 11) is 3.44. The van der Waals surface area contributed by atoms with Gasteiger partial charge in [-0.2, -0.15) is 0 Å². The average molecular weight is 374 g/mol. The van der Waals surface area contributed by atoms with Crippen molar-refractivity contribution in [1.29, 1.82) is 0 Å². The zero-order valence-corrected chi connectivity index (χ0v) is 16.4. The van der Waals surface area contributed by atoms with E-state index < -0.39 is 0 Å². The molecule has 0 aliphatic heterocycles. The molecule has 0 aliphatic rings. The summed E-state index contributed by atoms with van der Waals surface area (Å²) in [4.78, 5) is 26.9. The SMILES string of the molecule is COc1cccc2c(=O)c3c(=O)n(-c4ccccc4)c(C(C)C)cc3n(C)c12. The molecule has 0 unspecified atom stereocenters. The van der Waals surface area contributed by atoms with Gasteiger partial charge in [0.2, 0.25) is 5.43 Å². The normalized spacial score (nSPS) is 11.5. The predicted octanol–water partition coefficient (Wildman–Crippen LogP) is 3.97. The highest BCUT2D eigenvalue weighted by atomic mass is 16.5. The largest absolute Gasteiger partial charge is 0.495 e. The molecule has 2 heterocycles. The Hall–Kier alpha value is -3.34.